The average molecular weight is 356 g/mol. The third-order valence-electron chi connectivity index (χ3n) is 4.09. The predicted octanol–water partition coefficient (Wildman–Crippen LogP) is 3.81. The first-order valence-electron chi connectivity index (χ1n) is 8.35. The first-order chi connectivity index (χ1) is 11.7. The van der Waals surface area contributed by atoms with Crippen LogP contribution in [0.4, 0.5) is 0 Å². The van der Waals surface area contributed by atoms with Gasteiger partial charge in [-0.25, -0.2) is 0 Å². The molecule has 2 heterocycles. The molecule has 0 fully saturated rings. The van der Waals surface area contributed by atoms with Gasteiger partial charge >= 0.3 is 0 Å². The van der Waals surface area contributed by atoms with Crippen molar-refractivity contribution in [1.29, 1.82) is 0 Å². The van der Waals surface area contributed by atoms with Crippen LogP contribution in [0, 0.1) is 20.8 Å². The zero-order chi connectivity index (χ0) is 18.4. The van der Waals surface area contributed by atoms with E-state index >= 15 is 0 Å². The van der Waals surface area contributed by atoms with Crippen molar-refractivity contribution in [3.63, 3.8) is 0 Å². The normalized spacial score (nSPS) is 12.1. The van der Waals surface area contributed by atoms with E-state index in [0.717, 1.165) is 27.3 Å². The monoisotopic (exact) mass is 356 g/mol. The quantitative estimate of drug-likeness (QED) is 0.725. The Morgan fingerprint density at radius 2 is 1.72 bits per heavy atom. The van der Waals surface area contributed by atoms with E-state index in [1.807, 2.05) is 27.7 Å². The summed E-state index contributed by atoms with van der Waals surface area (Å²) in [5.74, 6) is 0.316. The van der Waals surface area contributed by atoms with Gasteiger partial charge in [-0.15, -0.1) is 10.2 Å². The Hall–Kier alpha value is -2.08. The van der Waals surface area contributed by atoms with Gasteiger partial charge in [-0.3, -0.25) is 9.20 Å². The smallest absolute Gasteiger partial charge is 0.230 e. The van der Waals surface area contributed by atoms with Gasteiger partial charge in [0, 0.05) is 5.54 Å². The Kier molecular flexibility index (Phi) is 4.49. The Morgan fingerprint density at radius 3 is 2.40 bits per heavy atom. The minimum Gasteiger partial charge on any atom is -0.351 e. The summed E-state index contributed by atoms with van der Waals surface area (Å²) in [6.45, 7) is 12.2. The molecule has 0 saturated heterocycles. The molecule has 2 aromatic heterocycles. The lowest BCUT2D eigenvalue weighted by atomic mass is 10.0. The molecule has 0 aliphatic carbocycles. The maximum absolute atomic E-state index is 12.1. The van der Waals surface area contributed by atoms with E-state index in [4.69, 9.17) is 0 Å². The molecule has 0 bridgehead atoms. The van der Waals surface area contributed by atoms with Crippen LogP contribution in [0.1, 0.15) is 37.5 Å². The summed E-state index contributed by atoms with van der Waals surface area (Å²) in [4.78, 5) is 12.1. The number of amides is 1. The number of carbonyl (C=O) groups is 1. The van der Waals surface area contributed by atoms with Gasteiger partial charge in [0.05, 0.1) is 11.3 Å². The van der Waals surface area contributed by atoms with Crippen LogP contribution >= 0.6 is 11.8 Å². The summed E-state index contributed by atoms with van der Waals surface area (Å²) in [7, 11) is 0. The molecule has 0 radical (unpaired) electrons. The van der Waals surface area contributed by atoms with E-state index < -0.39 is 0 Å². The first-order valence-corrected chi connectivity index (χ1v) is 9.34. The molecular weight excluding hydrogens is 332 g/mol. The molecule has 5 nitrogen and oxygen atoms in total. The largest absolute Gasteiger partial charge is 0.351 e. The highest BCUT2D eigenvalue weighted by Crippen LogP contribution is 2.27. The highest BCUT2D eigenvalue weighted by molar-refractivity contribution is 7.99. The molecule has 0 aliphatic rings. The van der Waals surface area contributed by atoms with E-state index in [1.54, 1.807) is 0 Å². The van der Waals surface area contributed by atoms with Crippen molar-refractivity contribution < 1.29 is 4.79 Å². The number of aromatic nitrogens is 3. The first kappa shape index (κ1) is 17.7. The number of thioether (sulfide) groups is 1. The van der Waals surface area contributed by atoms with Crippen LogP contribution < -0.4 is 5.32 Å². The number of pyridine rings is 1. The molecular formula is C19H24N4OS. The zero-order valence-electron chi connectivity index (χ0n) is 15.6. The Labute approximate surface area is 152 Å². The van der Waals surface area contributed by atoms with Crippen LogP contribution in [-0.2, 0) is 4.79 Å². The zero-order valence-corrected chi connectivity index (χ0v) is 16.4. The van der Waals surface area contributed by atoms with Crippen LogP contribution in [0.3, 0.4) is 0 Å². The SMILES string of the molecule is Cc1cc2cc(C)c3nnc(SCC(=O)NC(C)(C)C)n3c2cc1C. The molecule has 0 spiro atoms. The van der Waals surface area contributed by atoms with Crippen LogP contribution in [0.25, 0.3) is 16.6 Å². The second kappa shape index (κ2) is 6.33. The van der Waals surface area contributed by atoms with Crippen molar-refractivity contribution in [2.75, 3.05) is 5.75 Å². The van der Waals surface area contributed by atoms with E-state index in [-0.39, 0.29) is 11.4 Å². The molecule has 3 aromatic rings. The third-order valence-corrected chi connectivity index (χ3v) is 5.02. The molecule has 1 N–H and O–H groups in total. The fraction of sp³-hybridized carbons (Fsp3) is 0.421. The van der Waals surface area contributed by atoms with Crippen molar-refractivity contribution in [3.05, 3.63) is 34.9 Å². The van der Waals surface area contributed by atoms with E-state index in [0.29, 0.717) is 5.75 Å². The van der Waals surface area contributed by atoms with Gasteiger partial charge in [0.1, 0.15) is 0 Å². The van der Waals surface area contributed by atoms with E-state index in [1.165, 1.54) is 22.9 Å². The van der Waals surface area contributed by atoms with Crippen LogP contribution in [0.2, 0.25) is 0 Å². The highest BCUT2D eigenvalue weighted by Gasteiger charge is 2.17. The van der Waals surface area contributed by atoms with Crippen molar-refractivity contribution in [2.45, 2.75) is 52.2 Å². The van der Waals surface area contributed by atoms with Gasteiger partial charge in [0.2, 0.25) is 5.91 Å². The second-order valence-electron chi connectivity index (χ2n) is 7.55. The minimum absolute atomic E-state index is 0.00164. The summed E-state index contributed by atoms with van der Waals surface area (Å²) in [6.07, 6.45) is 0. The van der Waals surface area contributed by atoms with Crippen LogP contribution in [0.5, 0.6) is 0 Å². The van der Waals surface area contributed by atoms with Gasteiger partial charge in [-0.2, -0.15) is 0 Å². The maximum Gasteiger partial charge on any atom is 0.230 e. The van der Waals surface area contributed by atoms with Gasteiger partial charge in [-0.05, 0) is 81.8 Å². The number of nitrogens with one attached hydrogen (secondary N) is 1. The summed E-state index contributed by atoms with van der Waals surface area (Å²) in [6, 6.07) is 6.50. The second-order valence-corrected chi connectivity index (χ2v) is 8.49. The number of benzene rings is 1. The number of aryl methyl sites for hydroxylation is 3. The van der Waals surface area contributed by atoms with Gasteiger partial charge < -0.3 is 5.32 Å². The van der Waals surface area contributed by atoms with Crippen molar-refractivity contribution in [1.82, 2.24) is 19.9 Å². The molecule has 1 amide bonds. The number of carbonyl (C=O) groups excluding carboxylic acids is 1. The number of hydrogen-bond acceptors (Lipinski definition) is 4. The molecule has 0 saturated carbocycles. The summed E-state index contributed by atoms with van der Waals surface area (Å²) >= 11 is 1.42. The van der Waals surface area contributed by atoms with Gasteiger partial charge in [0.25, 0.3) is 0 Å². The lowest BCUT2D eigenvalue weighted by molar-refractivity contribution is -0.119. The fourth-order valence-corrected chi connectivity index (χ4v) is 3.60. The average Bonchev–Trinajstić information content (AvgIpc) is 2.90. The maximum atomic E-state index is 12.1. The Morgan fingerprint density at radius 1 is 1.08 bits per heavy atom. The number of rotatable bonds is 3. The lowest BCUT2D eigenvalue weighted by Crippen LogP contribution is -2.41. The molecule has 0 unspecified atom stereocenters. The van der Waals surface area contributed by atoms with Crippen molar-refractivity contribution in [2.24, 2.45) is 0 Å². The molecule has 6 heteroatoms. The molecule has 0 atom stereocenters. The topological polar surface area (TPSA) is 59.3 Å². The van der Waals surface area contributed by atoms with Gasteiger partial charge in [-0.1, -0.05) is 11.8 Å². The van der Waals surface area contributed by atoms with Crippen LogP contribution in [0.15, 0.2) is 23.4 Å². The minimum atomic E-state index is -0.234. The van der Waals surface area contributed by atoms with Crippen molar-refractivity contribution in [3.8, 4) is 0 Å². The summed E-state index contributed by atoms with van der Waals surface area (Å²) in [5.41, 5.74) is 5.25. The third kappa shape index (κ3) is 3.63. The number of fused-ring (bicyclic) bond motifs is 3. The van der Waals surface area contributed by atoms with Gasteiger partial charge in [0.15, 0.2) is 10.8 Å². The lowest BCUT2D eigenvalue weighted by Gasteiger charge is -2.20. The highest BCUT2D eigenvalue weighted by atomic mass is 32.2. The number of hydrogen-bond donors (Lipinski definition) is 1. The molecule has 0 aliphatic heterocycles. The van der Waals surface area contributed by atoms with E-state index in [9.17, 15) is 4.79 Å². The van der Waals surface area contributed by atoms with E-state index in [2.05, 4.69) is 52.0 Å². The Balaban J connectivity index is 2.02. The number of nitrogens with zero attached hydrogens (tertiary/aromatic N) is 3. The molecule has 3 rings (SSSR count). The molecule has 25 heavy (non-hydrogen) atoms. The summed E-state index contributed by atoms with van der Waals surface area (Å²) < 4.78 is 2.06. The fourth-order valence-electron chi connectivity index (χ4n) is 2.85. The Bertz CT molecular complexity index is 969. The standard InChI is InChI=1S/C19H24N4OS/c1-11-7-14-8-13(3)17-21-22-18(23(17)15(14)9-12(11)2)25-10-16(24)20-19(4,5)6/h7-9H,10H2,1-6H3,(H,20,24). The molecule has 1 aromatic carbocycles. The van der Waals surface area contributed by atoms with Crippen molar-refractivity contribution >= 4 is 34.2 Å². The summed E-state index contributed by atoms with van der Waals surface area (Å²) in [5, 5.41) is 13.5. The van der Waals surface area contributed by atoms with Crippen LogP contribution in [-0.4, -0.2) is 31.8 Å². The molecule has 132 valence electrons. The predicted molar refractivity (Wildman–Crippen MR) is 103 cm³/mol.